The van der Waals surface area contributed by atoms with Crippen LogP contribution in [0.1, 0.15) is 51.2 Å². The molecule has 0 bridgehead atoms. The molecule has 2 aromatic heterocycles. The molecule has 2 heterocycles. The van der Waals surface area contributed by atoms with E-state index < -0.39 is 0 Å². The summed E-state index contributed by atoms with van der Waals surface area (Å²) < 4.78 is 0. The number of pyridine rings is 2. The van der Waals surface area contributed by atoms with Crippen LogP contribution in [0.4, 0.5) is 0 Å². The largest absolute Gasteiger partial charge is 0.265 e. The molecule has 5 rings (SSSR count). The Kier molecular flexibility index (Phi) is 5.62. The predicted octanol–water partition coefficient (Wildman–Crippen LogP) is 7.94. The maximum absolute atomic E-state index is 4.27. The van der Waals surface area contributed by atoms with Gasteiger partial charge >= 0.3 is 0 Å². The molecule has 1 aliphatic rings. The van der Waals surface area contributed by atoms with Gasteiger partial charge in [0.25, 0.3) is 0 Å². The van der Waals surface area contributed by atoms with Gasteiger partial charge in [0.1, 0.15) is 0 Å². The fourth-order valence-corrected chi connectivity index (χ4v) is 6.49. The molecule has 0 amide bonds. The summed E-state index contributed by atoms with van der Waals surface area (Å²) in [6.07, 6.45) is 11.1. The highest BCUT2D eigenvalue weighted by Crippen LogP contribution is 2.56. The summed E-state index contributed by atoms with van der Waals surface area (Å²) >= 11 is 0. The third-order valence-electron chi connectivity index (χ3n) is 7.25. The van der Waals surface area contributed by atoms with Crippen LogP contribution in [0.25, 0.3) is 22.3 Å². The molecule has 1 atom stereocenters. The number of aromatic nitrogens is 2. The van der Waals surface area contributed by atoms with E-state index in [2.05, 4.69) is 104 Å². The molecule has 0 aliphatic heterocycles. The van der Waals surface area contributed by atoms with Gasteiger partial charge in [-0.1, -0.05) is 69.3 Å². The molecule has 0 N–H and O–H groups in total. The lowest BCUT2D eigenvalue weighted by Gasteiger charge is -2.50. The second-order valence-corrected chi connectivity index (χ2v) is 10.5. The van der Waals surface area contributed by atoms with Crippen LogP contribution >= 0.6 is 0 Å². The number of benzene rings is 2. The summed E-state index contributed by atoms with van der Waals surface area (Å²) in [4.78, 5) is 8.54. The minimum atomic E-state index is -0.0824. The Labute approximate surface area is 197 Å². The van der Waals surface area contributed by atoms with Crippen molar-refractivity contribution in [1.82, 2.24) is 9.97 Å². The minimum absolute atomic E-state index is 0.0824. The van der Waals surface area contributed by atoms with Gasteiger partial charge in [0.05, 0.1) is 0 Å². The summed E-state index contributed by atoms with van der Waals surface area (Å²) in [6, 6.07) is 26.6. The summed E-state index contributed by atoms with van der Waals surface area (Å²) in [5.74, 6) is 0.629. The lowest BCUT2D eigenvalue weighted by atomic mass is 9.54. The normalized spacial score (nSPS) is 19.2. The first-order valence-corrected chi connectivity index (χ1v) is 12.0. The van der Waals surface area contributed by atoms with Crippen molar-refractivity contribution in [2.24, 2.45) is 11.3 Å². The maximum Gasteiger partial charge on any atom is 0.0273 e. The number of hydrogen-bond acceptors (Lipinski definition) is 2. The average Bonchev–Trinajstić information content (AvgIpc) is 2.84. The van der Waals surface area contributed by atoms with Gasteiger partial charge in [0.15, 0.2) is 0 Å². The molecular weight excluding hydrogens is 400 g/mol. The van der Waals surface area contributed by atoms with E-state index >= 15 is 0 Å². The van der Waals surface area contributed by atoms with Gasteiger partial charge in [-0.15, -0.1) is 0 Å². The molecule has 2 aromatic carbocycles. The van der Waals surface area contributed by atoms with Crippen molar-refractivity contribution >= 4 is 0 Å². The van der Waals surface area contributed by atoms with Crippen molar-refractivity contribution in [2.75, 3.05) is 0 Å². The molecule has 1 fully saturated rings. The van der Waals surface area contributed by atoms with Crippen molar-refractivity contribution in [1.29, 1.82) is 0 Å². The van der Waals surface area contributed by atoms with Crippen molar-refractivity contribution in [2.45, 2.75) is 45.4 Å². The zero-order chi connectivity index (χ0) is 22.9. The van der Waals surface area contributed by atoms with Crippen molar-refractivity contribution in [3.05, 3.63) is 109 Å². The SMILES string of the molecule is CC1CC(C)(C)CC(c2ccccc2-c2ccncc2)(c2ccccc2-c2ccncc2)C1. The Morgan fingerprint density at radius 3 is 1.55 bits per heavy atom. The zero-order valence-corrected chi connectivity index (χ0v) is 19.8. The summed E-state index contributed by atoms with van der Waals surface area (Å²) in [7, 11) is 0. The number of nitrogens with zero attached hydrogens (tertiary/aromatic N) is 2. The molecule has 2 heteroatoms. The summed E-state index contributed by atoms with van der Waals surface area (Å²) in [6.45, 7) is 7.32. The van der Waals surface area contributed by atoms with Gasteiger partial charge < -0.3 is 0 Å². The van der Waals surface area contributed by atoms with Crippen LogP contribution < -0.4 is 0 Å². The fourth-order valence-electron chi connectivity index (χ4n) is 6.49. The van der Waals surface area contributed by atoms with E-state index in [1.54, 1.807) is 0 Å². The standard InChI is InChI=1S/C31H32N2/c1-23-20-30(2,3)22-31(21-23,28-10-6-4-8-26(28)24-12-16-32-17-13-24)29-11-7-5-9-27(29)25-14-18-33-19-15-25/h4-19,23H,20-22H2,1-3H3. The highest BCUT2D eigenvalue weighted by Gasteiger charge is 2.47. The van der Waals surface area contributed by atoms with Gasteiger partial charge in [0.2, 0.25) is 0 Å². The van der Waals surface area contributed by atoms with Crippen LogP contribution in [-0.4, -0.2) is 9.97 Å². The van der Waals surface area contributed by atoms with E-state index in [9.17, 15) is 0 Å². The molecule has 33 heavy (non-hydrogen) atoms. The van der Waals surface area contributed by atoms with Crippen LogP contribution in [0, 0.1) is 11.3 Å². The molecule has 1 saturated carbocycles. The summed E-state index contributed by atoms with van der Waals surface area (Å²) in [5.41, 5.74) is 8.11. The molecule has 2 nitrogen and oxygen atoms in total. The van der Waals surface area contributed by atoms with Crippen molar-refractivity contribution in [3.63, 3.8) is 0 Å². The quantitative estimate of drug-likeness (QED) is 0.327. The Morgan fingerprint density at radius 1 is 0.636 bits per heavy atom. The molecule has 0 saturated heterocycles. The predicted molar refractivity (Wildman–Crippen MR) is 137 cm³/mol. The van der Waals surface area contributed by atoms with Crippen LogP contribution in [0.2, 0.25) is 0 Å². The van der Waals surface area contributed by atoms with Crippen LogP contribution in [0.15, 0.2) is 97.6 Å². The Bertz CT molecular complexity index is 1150. The van der Waals surface area contributed by atoms with Gasteiger partial charge in [0, 0.05) is 30.2 Å². The first kappa shape index (κ1) is 21.6. The lowest BCUT2D eigenvalue weighted by Crippen LogP contribution is -2.41. The Morgan fingerprint density at radius 2 is 1.09 bits per heavy atom. The highest BCUT2D eigenvalue weighted by atomic mass is 14.6. The van der Waals surface area contributed by atoms with Crippen LogP contribution in [0.3, 0.4) is 0 Å². The smallest absolute Gasteiger partial charge is 0.0273 e. The molecule has 166 valence electrons. The minimum Gasteiger partial charge on any atom is -0.265 e. The van der Waals surface area contributed by atoms with Crippen LogP contribution in [-0.2, 0) is 5.41 Å². The van der Waals surface area contributed by atoms with E-state index in [4.69, 9.17) is 0 Å². The van der Waals surface area contributed by atoms with Gasteiger partial charge in [-0.2, -0.15) is 0 Å². The number of hydrogen-bond donors (Lipinski definition) is 0. The molecule has 4 aromatic rings. The van der Waals surface area contributed by atoms with E-state index in [1.807, 2.05) is 24.8 Å². The van der Waals surface area contributed by atoms with Gasteiger partial charge in [-0.05, 0) is 88.2 Å². The van der Waals surface area contributed by atoms with Gasteiger partial charge in [-0.25, -0.2) is 0 Å². The fraction of sp³-hybridized carbons (Fsp3) is 0.290. The third-order valence-corrected chi connectivity index (χ3v) is 7.25. The molecule has 0 spiro atoms. The van der Waals surface area contributed by atoms with E-state index in [0.717, 1.165) is 12.8 Å². The lowest BCUT2D eigenvalue weighted by molar-refractivity contribution is 0.127. The highest BCUT2D eigenvalue weighted by molar-refractivity contribution is 5.74. The first-order chi connectivity index (χ1) is 16.0. The molecule has 1 unspecified atom stereocenters. The molecule has 1 aliphatic carbocycles. The summed E-state index contributed by atoms with van der Waals surface area (Å²) in [5, 5.41) is 0. The molecular formula is C31H32N2. The zero-order valence-electron chi connectivity index (χ0n) is 19.8. The number of rotatable bonds is 4. The third kappa shape index (κ3) is 4.11. The average molecular weight is 433 g/mol. The topological polar surface area (TPSA) is 25.8 Å². The van der Waals surface area contributed by atoms with E-state index in [-0.39, 0.29) is 10.8 Å². The second-order valence-electron chi connectivity index (χ2n) is 10.5. The maximum atomic E-state index is 4.27. The van der Waals surface area contributed by atoms with Crippen molar-refractivity contribution in [3.8, 4) is 22.3 Å². The Balaban J connectivity index is 1.81. The monoisotopic (exact) mass is 432 g/mol. The van der Waals surface area contributed by atoms with E-state index in [1.165, 1.54) is 39.8 Å². The van der Waals surface area contributed by atoms with Crippen molar-refractivity contribution < 1.29 is 0 Å². The van der Waals surface area contributed by atoms with Crippen LogP contribution in [0.5, 0.6) is 0 Å². The second kappa shape index (κ2) is 8.59. The first-order valence-electron chi connectivity index (χ1n) is 12.0. The Hall–Kier alpha value is -3.26. The van der Waals surface area contributed by atoms with E-state index in [0.29, 0.717) is 5.92 Å². The molecule has 0 radical (unpaired) electrons. The van der Waals surface area contributed by atoms with Gasteiger partial charge in [-0.3, -0.25) is 9.97 Å².